The summed E-state index contributed by atoms with van der Waals surface area (Å²) < 4.78 is 5.17. The minimum atomic E-state index is -0.122. The predicted molar refractivity (Wildman–Crippen MR) is 48.4 cm³/mol. The molecule has 2 fully saturated rings. The second-order valence-electron chi connectivity index (χ2n) is 3.78. The van der Waals surface area contributed by atoms with E-state index < -0.39 is 0 Å². The monoisotopic (exact) mass is 184 g/mol. The number of nitrogens with zero attached hydrogens (tertiary/aromatic N) is 2. The van der Waals surface area contributed by atoms with Crippen molar-refractivity contribution in [3.05, 3.63) is 0 Å². The Bertz CT molecular complexity index is 196. The molecule has 1 amide bonds. The normalized spacial score (nSPS) is 29.9. The van der Waals surface area contributed by atoms with Gasteiger partial charge in [0.2, 0.25) is 0 Å². The predicted octanol–water partition coefficient (Wildman–Crippen LogP) is -0.451. The van der Waals surface area contributed by atoms with Crippen molar-refractivity contribution in [2.75, 3.05) is 39.8 Å². The Morgan fingerprint density at radius 1 is 1.31 bits per heavy atom. The van der Waals surface area contributed by atoms with Crippen LogP contribution >= 0.6 is 0 Å². The van der Waals surface area contributed by atoms with Crippen LogP contribution < -0.4 is 0 Å². The number of hydrogen-bond donors (Lipinski definition) is 0. The zero-order chi connectivity index (χ0) is 9.26. The van der Waals surface area contributed by atoms with Gasteiger partial charge in [-0.2, -0.15) is 0 Å². The zero-order valence-corrected chi connectivity index (χ0v) is 8.03. The Kier molecular flexibility index (Phi) is 2.51. The SMILES string of the molecule is CN1CCN(C(=O)[C@@H]2CCO2)CC1. The second-order valence-corrected chi connectivity index (χ2v) is 3.78. The molecule has 2 saturated heterocycles. The summed E-state index contributed by atoms with van der Waals surface area (Å²) in [6.07, 6.45) is 0.786. The average molecular weight is 184 g/mol. The van der Waals surface area contributed by atoms with Gasteiger partial charge in [-0.1, -0.05) is 0 Å². The number of piperazine rings is 1. The highest BCUT2D eigenvalue weighted by molar-refractivity contribution is 5.81. The molecule has 2 heterocycles. The van der Waals surface area contributed by atoms with Gasteiger partial charge in [-0.15, -0.1) is 0 Å². The third kappa shape index (κ3) is 1.84. The molecule has 1 atom stereocenters. The molecule has 74 valence electrons. The lowest BCUT2D eigenvalue weighted by atomic mass is 10.1. The summed E-state index contributed by atoms with van der Waals surface area (Å²) in [6, 6.07) is 0. The Labute approximate surface area is 78.4 Å². The van der Waals surface area contributed by atoms with E-state index in [2.05, 4.69) is 11.9 Å². The number of carbonyl (C=O) groups is 1. The van der Waals surface area contributed by atoms with E-state index in [1.165, 1.54) is 0 Å². The minimum absolute atomic E-state index is 0.122. The molecule has 0 saturated carbocycles. The summed E-state index contributed by atoms with van der Waals surface area (Å²) in [5, 5.41) is 0. The number of rotatable bonds is 1. The first-order valence-corrected chi connectivity index (χ1v) is 4.86. The molecule has 0 aliphatic carbocycles. The number of ether oxygens (including phenoxy) is 1. The maximum Gasteiger partial charge on any atom is 0.251 e. The van der Waals surface area contributed by atoms with E-state index in [1.54, 1.807) is 0 Å². The maximum atomic E-state index is 11.7. The van der Waals surface area contributed by atoms with Crippen LogP contribution in [0.2, 0.25) is 0 Å². The highest BCUT2D eigenvalue weighted by Crippen LogP contribution is 2.14. The van der Waals surface area contributed by atoms with Crippen LogP contribution in [0, 0.1) is 0 Å². The molecule has 2 aliphatic heterocycles. The van der Waals surface area contributed by atoms with Crippen molar-refractivity contribution >= 4 is 5.91 Å². The van der Waals surface area contributed by atoms with Crippen LogP contribution in [0.1, 0.15) is 6.42 Å². The Morgan fingerprint density at radius 3 is 2.38 bits per heavy atom. The smallest absolute Gasteiger partial charge is 0.251 e. The third-order valence-electron chi connectivity index (χ3n) is 2.79. The lowest BCUT2D eigenvalue weighted by molar-refractivity contribution is -0.157. The summed E-state index contributed by atoms with van der Waals surface area (Å²) in [5.41, 5.74) is 0. The Hall–Kier alpha value is -0.610. The Morgan fingerprint density at radius 2 is 1.92 bits per heavy atom. The standard InChI is InChI=1S/C9H16N2O2/c1-10-3-5-11(6-4-10)9(12)8-2-7-13-8/h8H,2-7H2,1H3/t8-/m0/s1. The van der Waals surface area contributed by atoms with Crippen LogP contribution in [0.15, 0.2) is 0 Å². The molecule has 2 rings (SSSR count). The molecule has 0 aromatic rings. The first kappa shape index (κ1) is 8.97. The zero-order valence-electron chi connectivity index (χ0n) is 8.03. The minimum Gasteiger partial charge on any atom is -0.368 e. The highest BCUT2D eigenvalue weighted by atomic mass is 16.5. The molecule has 4 heteroatoms. The molecule has 0 aromatic heterocycles. The first-order valence-electron chi connectivity index (χ1n) is 4.86. The van der Waals surface area contributed by atoms with E-state index in [9.17, 15) is 4.79 Å². The molecule has 0 unspecified atom stereocenters. The molecular formula is C9H16N2O2. The van der Waals surface area contributed by atoms with Crippen LogP contribution in [-0.4, -0.2) is 61.6 Å². The number of hydrogen-bond acceptors (Lipinski definition) is 3. The summed E-state index contributed by atoms with van der Waals surface area (Å²) in [6.45, 7) is 4.44. The molecule has 0 N–H and O–H groups in total. The van der Waals surface area contributed by atoms with E-state index in [0.717, 1.165) is 39.2 Å². The first-order chi connectivity index (χ1) is 6.27. The van der Waals surface area contributed by atoms with Gasteiger partial charge in [0.25, 0.3) is 5.91 Å². The van der Waals surface area contributed by atoms with Crippen molar-refractivity contribution in [2.45, 2.75) is 12.5 Å². The molecule has 0 aromatic carbocycles. The van der Waals surface area contributed by atoms with Gasteiger partial charge in [0.05, 0.1) is 6.61 Å². The van der Waals surface area contributed by atoms with Crippen molar-refractivity contribution in [1.82, 2.24) is 9.80 Å². The topological polar surface area (TPSA) is 32.8 Å². The van der Waals surface area contributed by atoms with E-state index in [4.69, 9.17) is 4.74 Å². The van der Waals surface area contributed by atoms with Crippen molar-refractivity contribution in [3.63, 3.8) is 0 Å². The van der Waals surface area contributed by atoms with Crippen molar-refractivity contribution in [2.24, 2.45) is 0 Å². The molecular weight excluding hydrogens is 168 g/mol. The highest BCUT2D eigenvalue weighted by Gasteiger charge is 2.31. The molecule has 0 spiro atoms. The number of amides is 1. The summed E-state index contributed by atoms with van der Waals surface area (Å²) in [5.74, 6) is 0.194. The fourth-order valence-corrected chi connectivity index (χ4v) is 1.66. The molecule has 4 nitrogen and oxygen atoms in total. The van der Waals surface area contributed by atoms with E-state index in [1.807, 2.05) is 4.90 Å². The van der Waals surface area contributed by atoms with Crippen molar-refractivity contribution in [1.29, 1.82) is 0 Å². The van der Waals surface area contributed by atoms with Gasteiger partial charge >= 0.3 is 0 Å². The lowest BCUT2D eigenvalue weighted by Gasteiger charge is -2.36. The molecule has 13 heavy (non-hydrogen) atoms. The average Bonchev–Trinajstić information content (AvgIpc) is 2.02. The van der Waals surface area contributed by atoms with Crippen LogP contribution in [0.5, 0.6) is 0 Å². The van der Waals surface area contributed by atoms with E-state index in [-0.39, 0.29) is 12.0 Å². The van der Waals surface area contributed by atoms with Gasteiger partial charge in [-0.25, -0.2) is 0 Å². The third-order valence-corrected chi connectivity index (χ3v) is 2.79. The summed E-state index contributed by atoms with van der Waals surface area (Å²) in [7, 11) is 2.08. The van der Waals surface area contributed by atoms with Gasteiger partial charge in [0.15, 0.2) is 0 Å². The fourth-order valence-electron chi connectivity index (χ4n) is 1.66. The van der Waals surface area contributed by atoms with Crippen LogP contribution in [-0.2, 0) is 9.53 Å². The van der Waals surface area contributed by atoms with Gasteiger partial charge < -0.3 is 14.5 Å². The number of carbonyl (C=O) groups excluding carboxylic acids is 1. The summed E-state index contributed by atoms with van der Waals surface area (Å²) >= 11 is 0. The second kappa shape index (κ2) is 3.64. The van der Waals surface area contributed by atoms with Gasteiger partial charge in [-0.3, -0.25) is 4.79 Å². The van der Waals surface area contributed by atoms with Crippen molar-refractivity contribution in [3.8, 4) is 0 Å². The van der Waals surface area contributed by atoms with Crippen LogP contribution in [0.25, 0.3) is 0 Å². The van der Waals surface area contributed by atoms with Gasteiger partial charge in [0, 0.05) is 32.6 Å². The largest absolute Gasteiger partial charge is 0.368 e. The number of likely N-dealkylation sites (N-methyl/N-ethyl adjacent to an activating group) is 1. The van der Waals surface area contributed by atoms with Crippen molar-refractivity contribution < 1.29 is 9.53 Å². The van der Waals surface area contributed by atoms with E-state index in [0.29, 0.717) is 0 Å². The maximum absolute atomic E-state index is 11.7. The van der Waals surface area contributed by atoms with Gasteiger partial charge in [-0.05, 0) is 7.05 Å². The van der Waals surface area contributed by atoms with E-state index >= 15 is 0 Å². The molecule has 0 radical (unpaired) electrons. The lowest BCUT2D eigenvalue weighted by Crippen LogP contribution is -2.52. The van der Waals surface area contributed by atoms with Crippen LogP contribution in [0.3, 0.4) is 0 Å². The quantitative estimate of drug-likeness (QED) is 0.553. The Balaban J connectivity index is 1.83. The van der Waals surface area contributed by atoms with Crippen LogP contribution in [0.4, 0.5) is 0 Å². The molecule has 2 aliphatic rings. The summed E-state index contributed by atoms with van der Waals surface area (Å²) in [4.78, 5) is 15.8. The van der Waals surface area contributed by atoms with Gasteiger partial charge in [0.1, 0.15) is 6.10 Å². The fraction of sp³-hybridized carbons (Fsp3) is 0.889. The molecule has 0 bridgehead atoms.